The molecule has 0 fully saturated rings. The molecular weight excluding hydrogens is 382 g/mol. The van der Waals surface area contributed by atoms with Crippen LogP contribution in [0, 0.1) is 0 Å². The number of benzene rings is 2. The molecule has 2 N–H and O–H groups in total. The highest BCUT2D eigenvalue weighted by molar-refractivity contribution is 5.62. The van der Waals surface area contributed by atoms with Gasteiger partial charge in [-0.25, -0.2) is 0 Å². The molecule has 0 spiro atoms. The molecule has 2 aromatic rings. The molecule has 6 heteroatoms. The molecule has 0 saturated carbocycles. The van der Waals surface area contributed by atoms with E-state index in [1.807, 2.05) is 49.2 Å². The summed E-state index contributed by atoms with van der Waals surface area (Å²) in [4.78, 5) is 1.94. The third-order valence-corrected chi connectivity index (χ3v) is 5.52. The summed E-state index contributed by atoms with van der Waals surface area (Å²) in [5.74, 6) is 2.09. The average molecular weight is 414 g/mol. The fraction of sp³-hybridized carbons (Fsp3) is 0.417. The molecule has 0 saturated heterocycles. The van der Waals surface area contributed by atoms with Crippen LogP contribution in [0.1, 0.15) is 48.1 Å². The van der Waals surface area contributed by atoms with Crippen LogP contribution in [-0.4, -0.2) is 49.5 Å². The van der Waals surface area contributed by atoms with Crippen LogP contribution in [0.4, 0.5) is 0 Å². The number of fused-ring (bicyclic) bond motifs is 1. The van der Waals surface area contributed by atoms with Crippen LogP contribution in [0.25, 0.3) is 6.08 Å². The van der Waals surface area contributed by atoms with Crippen LogP contribution in [0.2, 0.25) is 0 Å². The maximum absolute atomic E-state index is 10.6. The van der Waals surface area contributed by atoms with E-state index in [0.29, 0.717) is 24.6 Å². The van der Waals surface area contributed by atoms with Gasteiger partial charge in [-0.2, -0.15) is 0 Å². The second-order valence-electron chi connectivity index (χ2n) is 7.66. The minimum atomic E-state index is -0.230. The summed E-state index contributed by atoms with van der Waals surface area (Å²) in [6.07, 6.45) is 3.81. The van der Waals surface area contributed by atoms with Gasteiger partial charge in [0.15, 0.2) is 23.0 Å². The summed E-state index contributed by atoms with van der Waals surface area (Å²) in [5, 5.41) is 19.8. The van der Waals surface area contributed by atoms with Crippen LogP contribution < -0.4 is 14.2 Å². The van der Waals surface area contributed by atoms with E-state index in [9.17, 15) is 10.2 Å². The molecule has 0 bridgehead atoms. The molecular formula is C24H31NO5. The monoisotopic (exact) mass is 413 g/mol. The lowest BCUT2D eigenvalue weighted by Crippen LogP contribution is -2.22. The first kappa shape index (κ1) is 22.0. The molecule has 0 amide bonds. The molecule has 1 heterocycles. The minimum absolute atomic E-state index is 0.0561. The van der Waals surface area contributed by atoms with E-state index in [1.165, 1.54) is 0 Å². The Morgan fingerprint density at radius 2 is 1.87 bits per heavy atom. The number of ether oxygens (including phenoxy) is 3. The number of hydrogen-bond acceptors (Lipinski definition) is 6. The van der Waals surface area contributed by atoms with Crippen LogP contribution in [-0.2, 0) is 6.54 Å². The lowest BCUT2D eigenvalue weighted by atomic mass is 9.90. The molecule has 2 aromatic carbocycles. The Kier molecular flexibility index (Phi) is 6.90. The van der Waals surface area contributed by atoms with Gasteiger partial charge in [-0.1, -0.05) is 19.1 Å². The summed E-state index contributed by atoms with van der Waals surface area (Å²) >= 11 is 0. The molecule has 0 aliphatic carbocycles. The van der Waals surface area contributed by atoms with Crippen molar-refractivity contribution >= 4 is 6.08 Å². The van der Waals surface area contributed by atoms with Crippen molar-refractivity contribution in [2.45, 2.75) is 32.4 Å². The van der Waals surface area contributed by atoms with Crippen LogP contribution in [0.3, 0.4) is 0 Å². The molecule has 1 aliphatic rings. The first-order valence-electron chi connectivity index (χ1n) is 10.1. The van der Waals surface area contributed by atoms with Crippen LogP contribution in [0.5, 0.6) is 23.0 Å². The van der Waals surface area contributed by atoms with Gasteiger partial charge in [0.2, 0.25) is 0 Å². The summed E-state index contributed by atoms with van der Waals surface area (Å²) < 4.78 is 17.4. The Bertz CT molecular complexity index is 924. The van der Waals surface area contributed by atoms with E-state index in [4.69, 9.17) is 14.2 Å². The number of methoxy groups -OCH3 is 2. The second-order valence-corrected chi connectivity index (χ2v) is 7.66. The fourth-order valence-corrected chi connectivity index (χ4v) is 3.97. The molecule has 2 unspecified atom stereocenters. The number of aliphatic hydroxyl groups is 1. The van der Waals surface area contributed by atoms with Crippen molar-refractivity contribution in [1.82, 2.24) is 4.90 Å². The zero-order valence-electron chi connectivity index (χ0n) is 18.3. The van der Waals surface area contributed by atoms with Crippen molar-refractivity contribution < 1.29 is 24.4 Å². The number of allylic oxidation sites excluding steroid dienone is 1. The molecule has 0 radical (unpaired) electrons. The first-order chi connectivity index (χ1) is 14.4. The van der Waals surface area contributed by atoms with Crippen molar-refractivity contribution in [3.05, 3.63) is 52.6 Å². The number of rotatable bonds is 8. The third-order valence-electron chi connectivity index (χ3n) is 5.52. The maximum Gasteiger partial charge on any atom is 0.165 e. The number of aromatic hydroxyl groups is 1. The number of likely N-dealkylation sites (N-methyl/N-ethyl adjacent to an activating group) is 1. The SMILES string of the molecule is C/C=C/c1cc(OC)c2c(c1)C(C)C(c1cc(CN(C)CCO)c(O)c(OC)c1)O2. The quantitative estimate of drug-likeness (QED) is 0.679. The predicted molar refractivity (Wildman–Crippen MR) is 118 cm³/mol. The Balaban J connectivity index is 2.01. The normalized spacial score (nSPS) is 18.0. The Labute approximate surface area is 178 Å². The maximum atomic E-state index is 10.6. The van der Waals surface area contributed by atoms with Crippen molar-refractivity contribution in [3.8, 4) is 23.0 Å². The van der Waals surface area contributed by atoms with Gasteiger partial charge in [0.25, 0.3) is 0 Å². The van der Waals surface area contributed by atoms with E-state index < -0.39 is 0 Å². The highest BCUT2D eigenvalue weighted by Gasteiger charge is 2.35. The van der Waals surface area contributed by atoms with Gasteiger partial charge in [-0.05, 0) is 49.4 Å². The Morgan fingerprint density at radius 3 is 2.50 bits per heavy atom. The number of aliphatic hydroxyl groups excluding tert-OH is 1. The molecule has 6 nitrogen and oxygen atoms in total. The fourth-order valence-electron chi connectivity index (χ4n) is 3.97. The largest absolute Gasteiger partial charge is 0.504 e. The van der Waals surface area contributed by atoms with Crippen LogP contribution >= 0.6 is 0 Å². The topological polar surface area (TPSA) is 71.4 Å². The van der Waals surface area contributed by atoms with Gasteiger partial charge in [0.05, 0.1) is 20.8 Å². The third kappa shape index (κ3) is 4.25. The lowest BCUT2D eigenvalue weighted by molar-refractivity contribution is 0.205. The zero-order valence-corrected chi connectivity index (χ0v) is 18.3. The van der Waals surface area contributed by atoms with Gasteiger partial charge in [0.1, 0.15) is 6.10 Å². The standard InChI is InChI=1S/C24H31NO5/c1-6-7-16-10-19-15(2)23(30-24(19)21(11-16)29-5)17-12-18(14-25(3)8-9-26)22(27)20(13-17)28-4/h6-7,10-13,15,23,26-27H,8-9,14H2,1-5H3/b7-6+. The number of phenolic OH excluding ortho intramolecular Hbond substituents is 1. The van der Waals surface area contributed by atoms with E-state index in [-0.39, 0.29) is 24.4 Å². The van der Waals surface area contributed by atoms with Gasteiger partial charge in [-0.15, -0.1) is 0 Å². The zero-order chi connectivity index (χ0) is 21.8. The second kappa shape index (κ2) is 9.41. The molecule has 3 rings (SSSR count). The van der Waals surface area contributed by atoms with Gasteiger partial charge in [-0.3, -0.25) is 4.90 Å². The van der Waals surface area contributed by atoms with E-state index >= 15 is 0 Å². The number of phenols is 1. The number of hydrogen-bond donors (Lipinski definition) is 2. The van der Waals surface area contributed by atoms with Crippen molar-refractivity contribution in [1.29, 1.82) is 0 Å². The smallest absolute Gasteiger partial charge is 0.165 e. The molecule has 2 atom stereocenters. The summed E-state index contributed by atoms with van der Waals surface area (Å²) in [7, 11) is 5.09. The highest BCUT2D eigenvalue weighted by Crippen LogP contribution is 2.51. The molecule has 162 valence electrons. The predicted octanol–water partition coefficient (Wildman–Crippen LogP) is 4.10. The van der Waals surface area contributed by atoms with E-state index in [2.05, 4.69) is 13.0 Å². The van der Waals surface area contributed by atoms with E-state index in [1.54, 1.807) is 14.2 Å². The van der Waals surface area contributed by atoms with Crippen molar-refractivity contribution in [2.24, 2.45) is 0 Å². The molecule has 1 aliphatic heterocycles. The minimum Gasteiger partial charge on any atom is -0.504 e. The van der Waals surface area contributed by atoms with E-state index in [0.717, 1.165) is 28.0 Å². The lowest BCUT2D eigenvalue weighted by Gasteiger charge is -2.21. The summed E-state index contributed by atoms with van der Waals surface area (Å²) in [6, 6.07) is 7.89. The van der Waals surface area contributed by atoms with Crippen molar-refractivity contribution in [3.63, 3.8) is 0 Å². The summed E-state index contributed by atoms with van der Waals surface area (Å²) in [5.41, 5.74) is 3.82. The molecule has 30 heavy (non-hydrogen) atoms. The highest BCUT2D eigenvalue weighted by atomic mass is 16.5. The first-order valence-corrected chi connectivity index (χ1v) is 10.1. The van der Waals surface area contributed by atoms with Gasteiger partial charge in [0, 0.05) is 30.1 Å². The summed E-state index contributed by atoms with van der Waals surface area (Å²) in [6.45, 7) is 5.17. The van der Waals surface area contributed by atoms with Gasteiger partial charge < -0.3 is 24.4 Å². The van der Waals surface area contributed by atoms with Crippen molar-refractivity contribution in [2.75, 3.05) is 34.4 Å². The Morgan fingerprint density at radius 1 is 1.13 bits per heavy atom. The number of nitrogens with zero attached hydrogens (tertiary/aromatic N) is 1. The van der Waals surface area contributed by atoms with Gasteiger partial charge >= 0.3 is 0 Å². The average Bonchev–Trinajstić information content (AvgIpc) is 3.06. The Hall–Kier alpha value is -2.70. The van der Waals surface area contributed by atoms with Crippen LogP contribution in [0.15, 0.2) is 30.3 Å². The molecule has 0 aromatic heterocycles.